The normalized spacial score (nSPS) is 9.50. The molecule has 0 amide bonds. The maximum atomic E-state index is 5.04. The fourth-order valence-electron chi connectivity index (χ4n) is 0.810. The zero-order valence-corrected chi connectivity index (χ0v) is 7.24. The number of rotatable bonds is 4. The fraction of sp³-hybridized carbons (Fsp3) is 0.333. The van der Waals surface area contributed by atoms with Gasteiger partial charge in [-0.15, -0.1) is 0 Å². The maximum absolute atomic E-state index is 5.04. The molecule has 1 aromatic rings. The van der Waals surface area contributed by atoms with Gasteiger partial charge in [-0.05, 0) is 19.1 Å². The molecule has 3 nitrogen and oxygen atoms in total. The lowest BCUT2D eigenvalue weighted by Crippen LogP contribution is -1.97. The average Bonchev–Trinajstić information content (AvgIpc) is 2.15. The minimum Gasteiger partial charge on any atom is -0.493 e. The first-order valence-electron chi connectivity index (χ1n) is 3.81. The Balaban J connectivity index is 2.68. The summed E-state index contributed by atoms with van der Waals surface area (Å²) in [7, 11) is 1.59. The first-order chi connectivity index (χ1) is 5.88. The molecule has 0 aliphatic rings. The first-order valence-corrected chi connectivity index (χ1v) is 3.81. The van der Waals surface area contributed by atoms with Crippen molar-refractivity contribution < 1.29 is 14.5 Å². The van der Waals surface area contributed by atoms with E-state index in [-0.39, 0.29) is 0 Å². The Morgan fingerprint density at radius 1 is 1.17 bits per heavy atom. The summed E-state index contributed by atoms with van der Waals surface area (Å²) in [6.45, 7) is 2.37. The van der Waals surface area contributed by atoms with E-state index < -0.39 is 0 Å². The Bertz CT molecular complexity index is 235. The van der Waals surface area contributed by atoms with Crippen LogP contribution in [0.25, 0.3) is 0 Å². The summed E-state index contributed by atoms with van der Waals surface area (Å²) in [4.78, 5) is 9.73. The minimum atomic E-state index is 0.512. The van der Waals surface area contributed by atoms with Crippen LogP contribution in [-0.2, 0) is 4.89 Å². The van der Waals surface area contributed by atoms with Gasteiger partial charge in [-0.1, -0.05) is 12.1 Å². The molecule has 1 rings (SSSR count). The van der Waals surface area contributed by atoms with Crippen LogP contribution in [-0.4, -0.2) is 13.7 Å². The van der Waals surface area contributed by atoms with Gasteiger partial charge in [0.1, 0.15) is 0 Å². The zero-order valence-electron chi connectivity index (χ0n) is 7.24. The van der Waals surface area contributed by atoms with Crippen LogP contribution in [0.4, 0.5) is 0 Å². The van der Waals surface area contributed by atoms with Gasteiger partial charge in [0, 0.05) is 0 Å². The highest BCUT2D eigenvalue weighted by molar-refractivity contribution is 5.38. The number of benzene rings is 1. The molecule has 0 saturated carbocycles. The Labute approximate surface area is 71.8 Å². The monoisotopic (exact) mass is 168 g/mol. The van der Waals surface area contributed by atoms with E-state index in [9.17, 15) is 0 Å². The van der Waals surface area contributed by atoms with Crippen molar-refractivity contribution in [3.05, 3.63) is 24.3 Å². The van der Waals surface area contributed by atoms with Crippen molar-refractivity contribution in [2.75, 3.05) is 13.7 Å². The van der Waals surface area contributed by atoms with E-state index in [4.69, 9.17) is 14.5 Å². The summed E-state index contributed by atoms with van der Waals surface area (Å²) in [5.41, 5.74) is 0. The van der Waals surface area contributed by atoms with Gasteiger partial charge in [-0.25, -0.2) is 0 Å². The first kappa shape index (κ1) is 8.87. The molecule has 0 aromatic heterocycles. The Kier molecular flexibility index (Phi) is 3.41. The number of hydrogen-bond acceptors (Lipinski definition) is 3. The third-order valence-electron chi connectivity index (χ3n) is 1.34. The third-order valence-corrected chi connectivity index (χ3v) is 1.34. The van der Waals surface area contributed by atoms with Crippen molar-refractivity contribution in [3.63, 3.8) is 0 Å². The number of ether oxygens (including phenoxy) is 1. The molecule has 0 heterocycles. The van der Waals surface area contributed by atoms with Crippen molar-refractivity contribution in [1.82, 2.24) is 0 Å². The highest BCUT2D eigenvalue weighted by atomic mass is 17.2. The third kappa shape index (κ3) is 2.13. The lowest BCUT2D eigenvalue weighted by atomic mass is 10.3. The van der Waals surface area contributed by atoms with E-state index in [1.54, 1.807) is 13.2 Å². The van der Waals surface area contributed by atoms with E-state index >= 15 is 0 Å². The van der Waals surface area contributed by atoms with Crippen LogP contribution in [0.2, 0.25) is 0 Å². The van der Waals surface area contributed by atoms with Gasteiger partial charge >= 0.3 is 0 Å². The molecule has 0 radical (unpaired) electrons. The second-order valence-electron chi connectivity index (χ2n) is 2.14. The number of para-hydroxylation sites is 2. The maximum Gasteiger partial charge on any atom is 0.207 e. The zero-order chi connectivity index (χ0) is 8.81. The van der Waals surface area contributed by atoms with Crippen molar-refractivity contribution in [2.45, 2.75) is 6.92 Å². The van der Waals surface area contributed by atoms with Crippen molar-refractivity contribution in [1.29, 1.82) is 0 Å². The predicted molar refractivity (Wildman–Crippen MR) is 45.2 cm³/mol. The molecule has 0 aliphatic carbocycles. The number of methoxy groups -OCH3 is 1. The van der Waals surface area contributed by atoms with Crippen LogP contribution >= 0.6 is 0 Å². The molecule has 12 heavy (non-hydrogen) atoms. The molecule has 0 N–H and O–H groups in total. The van der Waals surface area contributed by atoms with Gasteiger partial charge in [0.15, 0.2) is 5.75 Å². The number of hydrogen-bond donors (Lipinski definition) is 0. The molecule has 0 aliphatic heterocycles. The average molecular weight is 168 g/mol. The standard InChI is InChI=1S/C9H12O3/c1-3-11-12-9-7-5-4-6-8(9)10-2/h4-7H,3H2,1-2H3. The quantitative estimate of drug-likeness (QED) is 0.508. The molecule has 0 spiro atoms. The molecule has 66 valence electrons. The highest BCUT2D eigenvalue weighted by Gasteiger charge is 2.01. The summed E-state index contributed by atoms with van der Waals surface area (Å²) >= 11 is 0. The van der Waals surface area contributed by atoms with Crippen molar-refractivity contribution >= 4 is 0 Å². The molecular formula is C9H12O3. The van der Waals surface area contributed by atoms with Crippen LogP contribution < -0.4 is 9.62 Å². The van der Waals surface area contributed by atoms with Gasteiger partial charge in [0.25, 0.3) is 0 Å². The van der Waals surface area contributed by atoms with Gasteiger partial charge in [-0.2, -0.15) is 4.89 Å². The predicted octanol–water partition coefficient (Wildman–Crippen LogP) is 2.03. The lowest BCUT2D eigenvalue weighted by Gasteiger charge is -2.06. The summed E-state index contributed by atoms with van der Waals surface area (Å²) in [6.07, 6.45) is 0. The molecule has 0 fully saturated rings. The van der Waals surface area contributed by atoms with Gasteiger partial charge in [-0.3, -0.25) is 0 Å². The molecule has 0 saturated heterocycles. The summed E-state index contributed by atoms with van der Waals surface area (Å²) in [5, 5.41) is 0. The van der Waals surface area contributed by atoms with Crippen LogP contribution in [0.3, 0.4) is 0 Å². The smallest absolute Gasteiger partial charge is 0.207 e. The summed E-state index contributed by atoms with van der Waals surface area (Å²) < 4.78 is 5.04. The Morgan fingerprint density at radius 3 is 2.42 bits per heavy atom. The van der Waals surface area contributed by atoms with E-state index in [0.29, 0.717) is 18.1 Å². The van der Waals surface area contributed by atoms with Crippen LogP contribution in [0.5, 0.6) is 11.5 Å². The fourth-order valence-corrected chi connectivity index (χ4v) is 0.810. The molecule has 3 heteroatoms. The Morgan fingerprint density at radius 2 is 1.83 bits per heavy atom. The lowest BCUT2D eigenvalue weighted by molar-refractivity contribution is -0.203. The van der Waals surface area contributed by atoms with E-state index in [1.165, 1.54) is 0 Å². The van der Waals surface area contributed by atoms with Crippen molar-refractivity contribution in [2.24, 2.45) is 0 Å². The molecule has 1 aromatic carbocycles. The molecule has 0 atom stereocenters. The van der Waals surface area contributed by atoms with Gasteiger partial charge < -0.3 is 9.62 Å². The minimum absolute atomic E-state index is 0.512. The van der Waals surface area contributed by atoms with Crippen LogP contribution in [0.15, 0.2) is 24.3 Å². The van der Waals surface area contributed by atoms with Gasteiger partial charge in [0.05, 0.1) is 13.7 Å². The summed E-state index contributed by atoms with van der Waals surface area (Å²) in [6, 6.07) is 7.33. The van der Waals surface area contributed by atoms with Crippen molar-refractivity contribution in [3.8, 4) is 11.5 Å². The Hall–Kier alpha value is -1.22. The largest absolute Gasteiger partial charge is 0.493 e. The second kappa shape index (κ2) is 4.62. The molecular weight excluding hydrogens is 156 g/mol. The summed E-state index contributed by atoms with van der Waals surface area (Å²) in [5.74, 6) is 1.27. The molecule has 0 bridgehead atoms. The second-order valence-corrected chi connectivity index (χ2v) is 2.14. The van der Waals surface area contributed by atoms with Gasteiger partial charge in [0.2, 0.25) is 5.75 Å². The van der Waals surface area contributed by atoms with Crippen LogP contribution in [0.1, 0.15) is 6.92 Å². The SMILES string of the molecule is CCOOc1ccccc1OC. The van der Waals surface area contributed by atoms with E-state index in [2.05, 4.69) is 0 Å². The van der Waals surface area contributed by atoms with E-state index in [0.717, 1.165) is 0 Å². The molecule has 0 unspecified atom stereocenters. The topological polar surface area (TPSA) is 27.7 Å². The van der Waals surface area contributed by atoms with Crippen LogP contribution in [0, 0.1) is 0 Å². The van der Waals surface area contributed by atoms with E-state index in [1.807, 2.05) is 25.1 Å². The highest BCUT2D eigenvalue weighted by Crippen LogP contribution is 2.25.